The van der Waals surface area contributed by atoms with Crippen LogP contribution in [0.25, 0.3) is 11.3 Å². The van der Waals surface area contributed by atoms with Gasteiger partial charge >= 0.3 is 0 Å². The summed E-state index contributed by atoms with van der Waals surface area (Å²) < 4.78 is 19.1. The first-order valence-electron chi connectivity index (χ1n) is 11.2. The number of ether oxygens (including phenoxy) is 3. The molecule has 0 saturated carbocycles. The summed E-state index contributed by atoms with van der Waals surface area (Å²) in [5.74, 6) is 1.41. The molecule has 0 aromatic carbocycles. The minimum absolute atomic E-state index is 0.132. The number of fused-ring (bicyclic) bond motifs is 2. The highest BCUT2D eigenvalue weighted by Crippen LogP contribution is 2.49. The zero-order chi connectivity index (χ0) is 23.2. The summed E-state index contributed by atoms with van der Waals surface area (Å²) in [5.41, 5.74) is 2.57. The van der Waals surface area contributed by atoms with E-state index < -0.39 is 5.72 Å². The SMILES string of the molecule is CCOc1ncc(-c2cc(C)c3c(n2)[C@]2(CCCO2)N(c2ccn(CC)n2)C3=O)cc1OC. The second-order valence-corrected chi connectivity index (χ2v) is 8.12. The molecular formula is C24H27N5O4. The fourth-order valence-electron chi connectivity index (χ4n) is 4.64. The number of carbonyl (C=O) groups is 1. The first kappa shape index (κ1) is 21.4. The van der Waals surface area contributed by atoms with Crippen molar-refractivity contribution in [1.29, 1.82) is 0 Å². The van der Waals surface area contributed by atoms with Gasteiger partial charge in [0.1, 0.15) is 5.69 Å². The molecule has 1 saturated heterocycles. The molecule has 1 amide bonds. The van der Waals surface area contributed by atoms with Crippen LogP contribution in [0.2, 0.25) is 0 Å². The number of aromatic nitrogens is 4. The minimum atomic E-state index is -0.955. The van der Waals surface area contributed by atoms with Crippen molar-refractivity contribution in [1.82, 2.24) is 19.7 Å². The van der Waals surface area contributed by atoms with Gasteiger partial charge in [0, 0.05) is 37.0 Å². The molecule has 9 nitrogen and oxygen atoms in total. The Morgan fingerprint density at radius 2 is 2.12 bits per heavy atom. The number of pyridine rings is 2. The van der Waals surface area contributed by atoms with Crippen LogP contribution in [0.15, 0.2) is 30.6 Å². The van der Waals surface area contributed by atoms with Crippen molar-refractivity contribution in [2.24, 2.45) is 0 Å². The molecule has 172 valence electrons. The van der Waals surface area contributed by atoms with Crippen molar-refractivity contribution in [3.05, 3.63) is 47.4 Å². The molecule has 2 aliphatic heterocycles. The van der Waals surface area contributed by atoms with E-state index >= 15 is 0 Å². The van der Waals surface area contributed by atoms with Crippen molar-refractivity contribution in [3.8, 4) is 22.9 Å². The number of carbonyl (C=O) groups excluding carboxylic acids is 1. The fraction of sp³-hybridized carbons (Fsp3) is 0.417. The molecule has 0 unspecified atom stereocenters. The zero-order valence-electron chi connectivity index (χ0n) is 19.3. The smallest absolute Gasteiger partial charge is 0.264 e. The quantitative estimate of drug-likeness (QED) is 0.567. The van der Waals surface area contributed by atoms with Gasteiger partial charge in [-0.25, -0.2) is 9.97 Å². The van der Waals surface area contributed by atoms with Crippen LogP contribution in [0.1, 0.15) is 48.3 Å². The van der Waals surface area contributed by atoms with E-state index in [9.17, 15) is 4.79 Å². The van der Waals surface area contributed by atoms with Gasteiger partial charge in [-0.3, -0.25) is 14.4 Å². The Hall–Kier alpha value is -3.46. The molecule has 3 aromatic heterocycles. The van der Waals surface area contributed by atoms with Crippen LogP contribution >= 0.6 is 0 Å². The molecule has 0 aliphatic carbocycles. The summed E-state index contributed by atoms with van der Waals surface area (Å²) in [5, 5.41) is 4.60. The van der Waals surface area contributed by atoms with Crippen molar-refractivity contribution in [2.75, 3.05) is 25.2 Å². The second kappa shape index (κ2) is 8.15. The molecule has 2 aliphatic rings. The summed E-state index contributed by atoms with van der Waals surface area (Å²) in [6.45, 7) is 7.60. The third kappa shape index (κ3) is 3.26. The lowest BCUT2D eigenvalue weighted by Gasteiger charge is -2.32. The Balaban J connectivity index is 1.64. The Bertz CT molecular complexity index is 1220. The molecule has 1 spiro atoms. The molecule has 0 bridgehead atoms. The van der Waals surface area contributed by atoms with E-state index in [1.807, 2.05) is 45.2 Å². The van der Waals surface area contributed by atoms with E-state index in [4.69, 9.17) is 19.2 Å². The van der Waals surface area contributed by atoms with Crippen LogP contribution in [-0.4, -0.2) is 46.0 Å². The first-order valence-corrected chi connectivity index (χ1v) is 11.2. The highest BCUT2D eigenvalue weighted by molar-refractivity contribution is 6.12. The van der Waals surface area contributed by atoms with E-state index in [0.717, 1.165) is 24.1 Å². The van der Waals surface area contributed by atoms with Crippen molar-refractivity contribution < 1.29 is 19.0 Å². The summed E-state index contributed by atoms with van der Waals surface area (Å²) in [4.78, 5) is 24.7. The predicted molar refractivity (Wildman–Crippen MR) is 122 cm³/mol. The number of rotatable bonds is 6. The molecule has 0 N–H and O–H groups in total. The van der Waals surface area contributed by atoms with Gasteiger partial charge in [0.05, 0.1) is 31.6 Å². The second-order valence-electron chi connectivity index (χ2n) is 8.12. The number of anilines is 1. The summed E-state index contributed by atoms with van der Waals surface area (Å²) in [6.07, 6.45) is 5.08. The number of amides is 1. The number of aryl methyl sites for hydroxylation is 2. The molecule has 33 heavy (non-hydrogen) atoms. The highest BCUT2D eigenvalue weighted by Gasteiger charge is 2.56. The minimum Gasteiger partial charge on any atom is -0.491 e. The van der Waals surface area contributed by atoms with Crippen LogP contribution in [0.3, 0.4) is 0 Å². The summed E-state index contributed by atoms with van der Waals surface area (Å²) >= 11 is 0. The van der Waals surface area contributed by atoms with E-state index in [-0.39, 0.29) is 5.91 Å². The first-order chi connectivity index (χ1) is 16.0. The predicted octanol–water partition coefficient (Wildman–Crippen LogP) is 3.70. The largest absolute Gasteiger partial charge is 0.491 e. The maximum Gasteiger partial charge on any atom is 0.264 e. The van der Waals surface area contributed by atoms with Crippen LogP contribution in [-0.2, 0) is 17.0 Å². The molecule has 3 aromatic rings. The van der Waals surface area contributed by atoms with Gasteiger partial charge < -0.3 is 14.2 Å². The normalized spacial score (nSPS) is 19.4. The Morgan fingerprint density at radius 1 is 1.27 bits per heavy atom. The van der Waals surface area contributed by atoms with Gasteiger partial charge in [-0.1, -0.05) is 0 Å². The van der Waals surface area contributed by atoms with Crippen LogP contribution < -0.4 is 14.4 Å². The maximum atomic E-state index is 13.6. The Kier molecular flexibility index (Phi) is 5.28. The van der Waals surface area contributed by atoms with Crippen molar-refractivity contribution >= 4 is 11.7 Å². The van der Waals surface area contributed by atoms with Gasteiger partial charge in [-0.05, 0) is 44.9 Å². The molecule has 9 heteroatoms. The summed E-state index contributed by atoms with van der Waals surface area (Å²) in [6, 6.07) is 5.62. The average molecular weight is 450 g/mol. The van der Waals surface area contributed by atoms with E-state index in [0.29, 0.717) is 54.0 Å². The van der Waals surface area contributed by atoms with Crippen LogP contribution in [0, 0.1) is 6.92 Å². The van der Waals surface area contributed by atoms with Crippen molar-refractivity contribution in [2.45, 2.75) is 45.9 Å². The number of hydrogen-bond donors (Lipinski definition) is 0. The van der Waals surface area contributed by atoms with Crippen LogP contribution in [0.5, 0.6) is 11.6 Å². The standard InChI is InChI=1S/C24H27N5O4/c1-5-28-10-8-19(27-28)29-23(30)20-15(3)12-17(26-21(20)24(29)9-7-11-33-24)16-13-18(31-4)22(25-14-16)32-6-2/h8,10,12-14H,5-7,9,11H2,1-4H3/t24-/m1/s1. The van der Waals surface area contributed by atoms with E-state index in [1.54, 1.807) is 22.9 Å². The van der Waals surface area contributed by atoms with Crippen molar-refractivity contribution in [3.63, 3.8) is 0 Å². The molecule has 5 heterocycles. The third-order valence-corrected chi connectivity index (χ3v) is 6.16. The monoisotopic (exact) mass is 449 g/mol. The van der Waals surface area contributed by atoms with Gasteiger partial charge in [-0.2, -0.15) is 5.10 Å². The van der Waals surface area contributed by atoms with E-state index in [2.05, 4.69) is 10.1 Å². The number of methoxy groups -OCH3 is 1. The lowest BCUT2D eigenvalue weighted by atomic mass is 9.99. The topological polar surface area (TPSA) is 91.6 Å². The molecule has 1 atom stereocenters. The Labute approximate surface area is 192 Å². The van der Waals surface area contributed by atoms with Crippen LogP contribution in [0.4, 0.5) is 5.82 Å². The zero-order valence-corrected chi connectivity index (χ0v) is 19.3. The number of hydrogen-bond acceptors (Lipinski definition) is 7. The number of nitrogens with zero attached hydrogens (tertiary/aromatic N) is 5. The maximum absolute atomic E-state index is 13.6. The average Bonchev–Trinajstić information content (AvgIpc) is 3.54. The van der Waals surface area contributed by atoms with Gasteiger partial charge in [-0.15, -0.1) is 0 Å². The summed E-state index contributed by atoms with van der Waals surface area (Å²) in [7, 11) is 1.58. The molecular weight excluding hydrogens is 422 g/mol. The fourth-order valence-corrected chi connectivity index (χ4v) is 4.64. The molecule has 1 fully saturated rings. The Morgan fingerprint density at radius 3 is 2.79 bits per heavy atom. The van der Waals surface area contributed by atoms with E-state index in [1.165, 1.54) is 0 Å². The lowest BCUT2D eigenvalue weighted by Crippen LogP contribution is -2.44. The lowest BCUT2D eigenvalue weighted by molar-refractivity contribution is 0.00243. The highest BCUT2D eigenvalue weighted by atomic mass is 16.5. The third-order valence-electron chi connectivity index (χ3n) is 6.16. The molecule has 5 rings (SSSR count). The van der Waals surface area contributed by atoms with Gasteiger partial charge in [0.15, 0.2) is 17.3 Å². The van der Waals surface area contributed by atoms with Gasteiger partial charge in [0.2, 0.25) is 0 Å². The molecule has 0 radical (unpaired) electrons. The van der Waals surface area contributed by atoms with Gasteiger partial charge in [0.25, 0.3) is 11.8 Å².